The molecule has 0 aliphatic carbocycles. The first-order valence-electron chi connectivity index (χ1n) is 8.67. The number of ether oxygens (including phenoxy) is 1. The van der Waals surface area contributed by atoms with Gasteiger partial charge in [0.1, 0.15) is 5.82 Å². The Labute approximate surface area is 166 Å². The molecular formula is C21H17ClFN3O2. The third kappa shape index (κ3) is 2.82. The Morgan fingerprint density at radius 3 is 2.61 bits per heavy atom. The van der Waals surface area contributed by atoms with Gasteiger partial charge < -0.3 is 16.2 Å². The van der Waals surface area contributed by atoms with E-state index in [1.807, 2.05) is 30.3 Å². The first kappa shape index (κ1) is 18.4. The van der Waals surface area contributed by atoms with Gasteiger partial charge in [0.25, 0.3) is 0 Å². The van der Waals surface area contributed by atoms with E-state index in [0.29, 0.717) is 23.4 Å². The summed E-state index contributed by atoms with van der Waals surface area (Å²) >= 11 is 6.41. The van der Waals surface area contributed by atoms with Crippen molar-refractivity contribution in [1.82, 2.24) is 4.98 Å². The van der Waals surface area contributed by atoms with Gasteiger partial charge in [-0.1, -0.05) is 48.0 Å². The Kier molecular flexibility index (Phi) is 4.53. The Morgan fingerprint density at radius 1 is 1.18 bits per heavy atom. The van der Waals surface area contributed by atoms with Gasteiger partial charge in [0, 0.05) is 35.2 Å². The highest BCUT2D eigenvalue weighted by molar-refractivity contribution is 6.33. The molecular weight excluding hydrogens is 381 g/mol. The number of halogens is 2. The van der Waals surface area contributed by atoms with E-state index in [9.17, 15) is 9.18 Å². The molecule has 1 aliphatic heterocycles. The molecule has 28 heavy (non-hydrogen) atoms. The highest BCUT2D eigenvalue weighted by Crippen LogP contribution is 2.47. The summed E-state index contributed by atoms with van der Waals surface area (Å²) in [6.07, 6.45) is 1.71. The SMILES string of the molecule is NC[C@@]1(c2ccccc2)Cc2c(ncc(Cl)c2-c2c(F)cccc2C(N)=O)O1. The topological polar surface area (TPSA) is 91.2 Å². The summed E-state index contributed by atoms with van der Waals surface area (Å²) in [4.78, 5) is 16.2. The maximum absolute atomic E-state index is 14.8. The van der Waals surface area contributed by atoms with Gasteiger partial charge in [-0.05, 0) is 17.7 Å². The molecule has 7 heteroatoms. The van der Waals surface area contributed by atoms with Crippen molar-refractivity contribution in [2.75, 3.05) is 6.54 Å². The second kappa shape index (κ2) is 6.89. The molecule has 5 nitrogen and oxygen atoms in total. The molecule has 2 aromatic carbocycles. The van der Waals surface area contributed by atoms with E-state index >= 15 is 0 Å². The van der Waals surface area contributed by atoms with Crippen molar-refractivity contribution in [2.24, 2.45) is 11.5 Å². The molecule has 0 unspecified atom stereocenters. The van der Waals surface area contributed by atoms with Crippen LogP contribution in [0.1, 0.15) is 21.5 Å². The van der Waals surface area contributed by atoms with Crippen molar-refractivity contribution in [2.45, 2.75) is 12.0 Å². The van der Waals surface area contributed by atoms with Crippen molar-refractivity contribution in [1.29, 1.82) is 0 Å². The first-order valence-corrected chi connectivity index (χ1v) is 9.05. The van der Waals surface area contributed by atoms with E-state index < -0.39 is 17.3 Å². The second-order valence-electron chi connectivity index (χ2n) is 6.63. The van der Waals surface area contributed by atoms with Crippen LogP contribution in [-0.2, 0) is 12.0 Å². The fourth-order valence-electron chi connectivity index (χ4n) is 3.66. The number of hydrogen-bond donors (Lipinski definition) is 2. The summed E-state index contributed by atoms with van der Waals surface area (Å²) in [6.45, 7) is 0.185. The number of hydrogen-bond acceptors (Lipinski definition) is 4. The van der Waals surface area contributed by atoms with Crippen molar-refractivity contribution in [3.05, 3.63) is 82.3 Å². The van der Waals surface area contributed by atoms with Crippen LogP contribution < -0.4 is 16.2 Å². The van der Waals surface area contributed by atoms with E-state index in [-0.39, 0.29) is 22.7 Å². The zero-order valence-electron chi connectivity index (χ0n) is 14.8. The smallest absolute Gasteiger partial charge is 0.249 e. The Bertz CT molecular complexity index is 1070. The fraction of sp³-hybridized carbons (Fsp3) is 0.143. The largest absolute Gasteiger partial charge is 0.464 e. The number of rotatable bonds is 4. The van der Waals surface area contributed by atoms with Crippen LogP contribution in [0.2, 0.25) is 5.02 Å². The molecule has 3 aromatic rings. The summed E-state index contributed by atoms with van der Waals surface area (Å²) < 4.78 is 20.9. The molecule has 1 amide bonds. The normalized spacial score (nSPS) is 17.8. The molecule has 2 heterocycles. The standard InChI is InChI=1S/C21H17ClFN3O2/c22-15-10-26-20-14(9-21(11-24,28-20)12-5-2-1-3-6-12)17(15)18-13(19(25)27)7-4-8-16(18)23/h1-8,10H,9,11,24H2,(H2,25,27)/t21-/m1/s1. The lowest BCUT2D eigenvalue weighted by Crippen LogP contribution is -2.39. The van der Waals surface area contributed by atoms with Crippen molar-refractivity contribution < 1.29 is 13.9 Å². The highest BCUT2D eigenvalue weighted by atomic mass is 35.5. The maximum atomic E-state index is 14.8. The quantitative estimate of drug-likeness (QED) is 0.705. The minimum Gasteiger partial charge on any atom is -0.464 e. The van der Waals surface area contributed by atoms with E-state index in [0.717, 1.165) is 5.56 Å². The van der Waals surface area contributed by atoms with Gasteiger partial charge in [-0.3, -0.25) is 4.79 Å². The molecule has 0 saturated carbocycles. The number of pyridine rings is 1. The summed E-state index contributed by atoms with van der Waals surface area (Å²) in [5.74, 6) is -1.04. The van der Waals surface area contributed by atoms with Crippen LogP contribution in [0, 0.1) is 5.82 Å². The molecule has 0 fully saturated rings. The molecule has 0 saturated heterocycles. The summed E-state index contributed by atoms with van der Waals surface area (Å²) in [5, 5.41) is 0.204. The minimum absolute atomic E-state index is 0.0419. The number of amides is 1. The number of primary amides is 1. The van der Waals surface area contributed by atoms with Crippen molar-refractivity contribution in [3.8, 4) is 17.0 Å². The van der Waals surface area contributed by atoms with Gasteiger partial charge >= 0.3 is 0 Å². The minimum atomic E-state index is -0.853. The molecule has 0 radical (unpaired) electrons. The number of fused-ring (bicyclic) bond motifs is 1. The predicted octanol–water partition coefficient (Wildman–Crippen LogP) is 3.43. The molecule has 4 rings (SSSR count). The third-order valence-corrected chi connectivity index (χ3v) is 5.29. The highest BCUT2D eigenvalue weighted by Gasteiger charge is 2.43. The summed E-state index contributed by atoms with van der Waals surface area (Å²) in [6, 6.07) is 13.7. The number of aromatic nitrogens is 1. The predicted molar refractivity (Wildman–Crippen MR) is 105 cm³/mol. The van der Waals surface area contributed by atoms with Crippen LogP contribution in [-0.4, -0.2) is 17.4 Å². The Hall–Kier alpha value is -2.96. The van der Waals surface area contributed by atoms with Crippen LogP contribution >= 0.6 is 11.6 Å². The zero-order chi connectivity index (χ0) is 19.9. The van der Waals surface area contributed by atoms with E-state index in [1.165, 1.54) is 24.4 Å². The van der Waals surface area contributed by atoms with Crippen LogP contribution in [0.15, 0.2) is 54.7 Å². The molecule has 142 valence electrons. The van der Waals surface area contributed by atoms with Gasteiger partial charge in [0.05, 0.1) is 11.2 Å². The maximum Gasteiger partial charge on any atom is 0.249 e. The van der Waals surface area contributed by atoms with E-state index in [2.05, 4.69) is 4.98 Å². The van der Waals surface area contributed by atoms with Gasteiger partial charge in [-0.2, -0.15) is 0 Å². The molecule has 0 bridgehead atoms. The molecule has 0 spiro atoms. The van der Waals surface area contributed by atoms with Crippen LogP contribution in [0.5, 0.6) is 5.88 Å². The average molecular weight is 398 g/mol. The second-order valence-corrected chi connectivity index (χ2v) is 7.04. The lowest BCUT2D eigenvalue weighted by Gasteiger charge is -2.27. The van der Waals surface area contributed by atoms with Crippen molar-refractivity contribution in [3.63, 3.8) is 0 Å². The molecule has 4 N–H and O–H groups in total. The van der Waals surface area contributed by atoms with Crippen LogP contribution in [0.3, 0.4) is 0 Å². The first-order chi connectivity index (χ1) is 13.5. The molecule has 1 aromatic heterocycles. The number of benzene rings is 2. The van der Waals surface area contributed by atoms with Gasteiger partial charge in [0.15, 0.2) is 5.60 Å². The van der Waals surface area contributed by atoms with Crippen molar-refractivity contribution >= 4 is 17.5 Å². The number of nitrogens with zero attached hydrogens (tertiary/aromatic N) is 1. The molecule has 1 atom stereocenters. The van der Waals surface area contributed by atoms with E-state index in [1.54, 1.807) is 0 Å². The van der Waals surface area contributed by atoms with Gasteiger partial charge in [0.2, 0.25) is 11.8 Å². The number of carbonyl (C=O) groups excluding carboxylic acids is 1. The number of carbonyl (C=O) groups is 1. The lowest BCUT2D eigenvalue weighted by atomic mass is 9.86. The van der Waals surface area contributed by atoms with Crippen LogP contribution in [0.25, 0.3) is 11.1 Å². The monoisotopic (exact) mass is 397 g/mol. The average Bonchev–Trinajstić information content (AvgIpc) is 3.09. The Morgan fingerprint density at radius 2 is 1.93 bits per heavy atom. The fourth-order valence-corrected chi connectivity index (χ4v) is 3.91. The van der Waals surface area contributed by atoms with Gasteiger partial charge in [-0.25, -0.2) is 9.37 Å². The lowest BCUT2D eigenvalue weighted by molar-refractivity contribution is 0.0978. The summed E-state index contributed by atoms with van der Waals surface area (Å²) in [5.41, 5.74) is 12.6. The zero-order valence-corrected chi connectivity index (χ0v) is 15.5. The van der Waals surface area contributed by atoms with E-state index in [4.69, 9.17) is 27.8 Å². The molecule has 1 aliphatic rings. The van der Waals surface area contributed by atoms with Crippen LogP contribution in [0.4, 0.5) is 4.39 Å². The number of nitrogens with two attached hydrogens (primary N) is 2. The third-order valence-electron chi connectivity index (χ3n) is 5.01. The van der Waals surface area contributed by atoms with Gasteiger partial charge in [-0.15, -0.1) is 0 Å². The summed E-state index contributed by atoms with van der Waals surface area (Å²) in [7, 11) is 0. The Balaban J connectivity index is 1.94.